The fraction of sp³-hybridized carbons (Fsp3) is 0.500. The van der Waals surface area contributed by atoms with Gasteiger partial charge in [-0.2, -0.15) is 0 Å². The first-order valence-corrected chi connectivity index (χ1v) is 8.22. The average molecular weight is 299 g/mol. The van der Waals surface area contributed by atoms with E-state index in [9.17, 15) is 4.79 Å². The molecule has 0 saturated carbocycles. The van der Waals surface area contributed by atoms with Crippen LogP contribution in [0.4, 0.5) is 0 Å². The topological polar surface area (TPSA) is 56.9 Å². The van der Waals surface area contributed by atoms with Gasteiger partial charge in [0.1, 0.15) is 0 Å². The van der Waals surface area contributed by atoms with Crippen molar-refractivity contribution in [3.05, 3.63) is 35.5 Å². The van der Waals surface area contributed by atoms with Crippen molar-refractivity contribution in [2.45, 2.75) is 39.2 Å². The number of aromatic amines is 1. The van der Waals surface area contributed by atoms with Crippen molar-refractivity contribution >= 4 is 16.8 Å². The van der Waals surface area contributed by atoms with Crippen LogP contribution in [0.5, 0.6) is 0 Å². The van der Waals surface area contributed by atoms with E-state index in [1.165, 1.54) is 22.0 Å². The van der Waals surface area contributed by atoms with E-state index in [1.807, 2.05) is 0 Å². The lowest BCUT2D eigenvalue weighted by Gasteiger charge is -2.27. The number of carbonyl (C=O) groups excluding carboxylic acids is 1. The van der Waals surface area contributed by atoms with Crippen LogP contribution in [0.2, 0.25) is 0 Å². The van der Waals surface area contributed by atoms with E-state index >= 15 is 0 Å². The van der Waals surface area contributed by atoms with E-state index in [-0.39, 0.29) is 11.8 Å². The van der Waals surface area contributed by atoms with Gasteiger partial charge >= 0.3 is 0 Å². The van der Waals surface area contributed by atoms with Gasteiger partial charge in [0, 0.05) is 35.6 Å². The molecule has 1 aliphatic rings. The standard InChI is InChI=1S/C18H25N3O/c1-12-4-3-5-16-17(12)15(11-21-16)7-9-20-18(22)14-6-8-19-13(2)10-14/h3-5,11,13-14,19,21H,6-10H2,1-2H3,(H,20,22)/t13-,14-/m0/s1. The Labute approximate surface area is 131 Å². The van der Waals surface area contributed by atoms with Crippen molar-refractivity contribution in [2.24, 2.45) is 5.92 Å². The van der Waals surface area contributed by atoms with Crippen LogP contribution in [-0.4, -0.2) is 30.0 Å². The zero-order valence-electron chi connectivity index (χ0n) is 13.4. The van der Waals surface area contributed by atoms with Crippen LogP contribution in [0.25, 0.3) is 10.9 Å². The molecule has 0 aliphatic carbocycles. The van der Waals surface area contributed by atoms with Crippen LogP contribution in [0.15, 0.2) is 24.4 Å². The Hall–Kier alpha value is -1.81. The van der Waals surface area contributed by atoms with Crippen LogP contribution < -0.4 is 10.6 Å². The van der Waals surface area contributed by atoms with Crippen LogP contribution >= 0.6 is 0 Å². The highest BCUT2D eigenvalue weighted by molar-refractivity contribution is 5.86. The first kappa shape index (κ1) is 15.1. The number of hydrogen-bond acceptors (Lipinski definition) is 2. The molecule has 1 amide bonds. The van der Waals surface area contributed by atoms with Crippen molar-refractivity contribution in [2.75, 3.05) is 13.1 Å². The van der Waals surface area contributed by atoms with Gasteiger partial charge in [-0.25, -0.2) is 0 Å². The molecule has 22 heavy (non-hydrogen) atoms. The minimum absolute atomic E-state index is 0.168. The highest BCUT2D eigenvalue weighted by Crippen LogP contribution is 2.22. The molecule has 3 rings (SSSR count). The summed E-state index contributed by atoms with van der Waals surface area (Å²) in [6.07, 6.45) is 4.83. The summed E-state index contributed by atoms with van der Waals surface area (Å²) in [7, 11) is 0. The lowest BCUT2D eigenvalue weighted by atomic mass is 9.92. The van der Waals surface area contributed by atoms with Gasteiger partial charge in [-0.3, -0.25) is 4.79 Å². The Morgan fingerprint density at radius 2 is 2.27 bits per heavy atom. The van der Waals surface area contributed by atoms with Crippen molar-refractivity contribution in [1.29, 1.82) is 0 Å². The first-order valence-electron chi connectivity index (χ1n) is 8.22. The van der Waals surface area contributed by atoms with E-state index < -0.39 is 0 Å². The molecular weight excluding hydrogens is 274 g/mol. The molecule has 4 nitrogen and oxygen atoms in total. The van der Waals surface area contributed by atoms with Gasteiger partial charge in [-0.1, -0.05) is 12.1 Å². The van der Waals surface area contributed by atoms with E-state index in [4.69, 9.17) is 0 Å². The quantitative estimate of drug-likeness (QED) is 0.812. The van der Waals surface area contributed by atoms with Gasteiger partial charge in [0.25, 0.3) is 0 Å². The van der Waals surface area contributed by atoms with Gasteiger partial charge in [0.2, 0.25) is 5.91 Å². The number of hydrogen-bond donors (Lipinski definition) is 3. The fourth-order valence-corrected chi connectivity index (χ4v) is 3.48. The summed E-state index contributed by atoms with van der Waals surface area (Å²) in [5, 5.41) is 7.80. The van der Waals surface area contributed by atoms with Gasteiger partial charge in [0.15, 0.2) is 0 Å². The number of aromatic nitrogens is 1. The second-order valence-corrected chi connectivity index (χ2v) is 6.43. The molecule has 2 heterocycles. The molecule has 4 heteroatoms. The maximum Gasteiger partial charge on any atom is 0.223 e. The van der Waals surface area contributed by atoms with Gasteiger partial charge < -0.3 is 15.6 Å². The normalized spacial score (nSPS) is 21.9. The molecule has 0 spiro atoms. The highest BCUT2D eigenvalue weighted by atomic mass is 16.1. The number of rotatable bonds is 4. The Kier molecular flexibility index (Phi) is 4.48. The summed E-state index contributed by atoms with van der Waals surface area (Å²) in [6.45, 7) is 5.93. The molecule has 1 aliphatic heterocycles. The predicted molar refractivity (Wildman–Crippen MR) is 89.9 cm³/mol. The van der Waals surface area contributed by atoms with Crippen LogP contribution in [-0.2, 0) is 11.2 Å². The summed E-state index contributed by atoms with van der Waals surface area (Å²) >= 11 is 0. The summed E-state index contributed by atoms with van der Waals surface area (Å²) in [6, 6.07) is 6.74. The van der Waals surface area contributed by atoms with Gasteiger partial charge in [0.05, 0.1) is 0 Å². The van der Waals surface area contributed by atoms with E-state index in [2.05, 4.69) is 53.9 Å². The van der Waals surface area contributed by atoms with Gasteiger partial charge in [-0.05, 0) is 56.8 Å². The molecular formula is C18H25N3O. The molecule has 3 N–H and O–H groups in total. The third kappa shape index (κ3) is 3.17. The molecule has 118 valence electrons. The molecule has 0 unspecified atom stereocenters. The lowest BCUT2D eigenvalue weighted by molar-refractivity contribution is -0.126. The summed E-state index contributed by atoms with van der Waals surface area (Å²) in [5.74, 6) is 0.380. The minimum Gasteiger partial charge on any atom is -0.361 e. The number of piperidine rings is 1. The van der Waals surface area contributed by atoms with E-state index in [0.717, 1.165) is 25.8 Å². The summed E-state index contributed by atoms with van der Waals surface area (Å²) < 4.78 is 0. The third-order valence-corrected chi connectivity index (χ3v) is 4.68. The van der Waals surface area contributed by atoms with Crippen LogP contribution in [0.1, 0.15) is 30.9 Å². The Morgan fingerprint density at radius 3 is 3.09 bits per heavy atom. The third-order valence-electron chi connectivity index (χ3n) is 4.68. The smallest absolute Gasteiger partial charge is 0.223 e. The van der Waals surface area contributed by atoms with Crippen molar-refractivity contribution in [1.82, 2.24) is 15.6 Å². The van der Waals surface area contributed by atoms with E-state index in [0.29, 0.717) is 12.6 Å². The van der Waals surface area contributed by atoms with Crippen molar-refractivity contribution < 1.29 is 4.79 Å². The van der Waals surface area contributed by atoms with Crippen LogP contribution in [0.3, 0.4) is 0 Å². The zero-order chi connectivity index (χ0) is 15.5. The number of amides is 1. The molecule has 1 fully saturated rings. The van der Waals surface area contributed by atoms with Gasteiger partial charge in [-0.15, -0.1) is 0 Å². The Balaban J connectivity index is 1.57. The second kappa shape index (κ2) is 6.53. The second-order valence-electron chi connectivity index (χ2n) is 6.43. The van der Waals surface area contributed by atoms with Crippen molar-refractivity contribution in [3.8, 4) is 0 Å². The number of nitrogens with one attached hydrogen (secondary N) is 3. The predicted octanol–water partition coefficient (Wildman–Crippen LogP) is 2.52. The molecule has 2 atom stereocenters. The molecule has 0 radical (unpaired) electrons. The zero-order valence-corrected chi connectivity index (χ0v) is 13.4. The number of fused-ring (bicyclic) bond motifs is 1. The minimum atomic E-state index is 0.168. The summed E-state index contributed by atoms with van der Waals surface area (Å²) in [4.78, 5) is 15.6. The largest absolute Gasteiger partial charge is 0.361 e. The molecule has 1 saturated heterocycles. The van der Waals surface area contributed by atoms with Crippen molar-refractivity contribution in [3.63, 3.8) is 0 Å². The number of carbonyl (C=O) groups is 1. The highest BCUT2D eigenvalue weighted by Gasteiger charge is 2.24. The molecule has 1 aromatic carbocycles. The number of benzene rings is 1. The first-order chi connectivity index (χ1) is 10.6. The maximum atomic E-state index is 12.3. The molecule has 2 aromatic rings. The molecule has 1 aromatic heterocycles. The average Bonchev–Trinajstić information content (AvgIpc) is 2.92. The van der Waals surface area contributed by atoms with Crippen LogP contribution in [0, 0.1) is 12.8 Å². The maximum absolute atomic E-state index is 12.3. The Morgan fingerprint density at radius 1 is 1.41 bits per heavy atom. The number of H-pyrrole nitrogens is 1. The molecule has 0 bridgehead atoms. The Bertz CT molecular complexity index is 661. The summed E-state index contributed by atoms with van der Waals surface area (Å²) in [5.41, 5.74) is 3.74. The fourth-order valence-electron chi connectivity index (χ4n) is 3.48. The van der Waals surface area contributed by atoms with E-state index in [1.54, 1.807) is 0 Å². The number of aryl methyl sites for hydroxylation is 1. The SMILES string of the molecule is Cc1cccc2[nH]cc(CCNC(=O)[C@H]3CCN[C@@H](C)C3)c12. The monoisotopic (exact) mass is 299 g/mol. The lowest BCUT2D eigenvalue weighted by Crippen LogP contribution is -2.42.